The van der Waals surface area contributed by atoms with Gasteiger partial charge in [-0.15, -0.1) is 0 Å². The van der Waals surface area contributed by atoms with Crippen LogP contribution in [0.25, 0.3) is 0 Å². The smallest absolute Gasteiger partial charge is 0.291 e. The topological polar surface area (TPSA) is 114 Å². The highest BCUT2D eigenvalue weighted by Gasteiger charge is 2.16. The monoisotopic (exact) mass is 477 g/mol. The van der Waals surface area contributed by atoms with Crippen molar-refractivity contribution in [3.05, 3.63) is 85.9 Å². The summed E-state index contributed by atoms with van der Waals surface area (Å²) < 4.78 is 5.61. The molecular formula is C18H12IN3O5. The van der Waals surface area contributed by atoms with Gasteiger partial charge in [-0.1, -0.05) is 0 Å². The molecule has 0 atom stereocenters. The molecule has 0 saturated heterocycles. The molecule has 0 aliphatic rings. The zero-order valence-electron chi connectivity index (χ0n) is 13.6. The second kappa shape index (κ2) is 7.99. The zero-order chi connectivity index (χ0) is 19.4. The Bertz CT molecular complexity index is 1000. The first-order valence-electron chi connectivity index (χ1n) is 7.64. The summed E-state index contributed by atoms with van der Waals surface area (Å²) in [6, 6.07) is 13.7. The number of benzene rings is 2. The minimum atomic E-state index is -0.552. The van der Waals surface area contributed by atoms with Crippen LogP contribution in [0.2, 0.25) is 0 Å². The minimum Gasteiger partial charge on any atom is -0.459 e. The molecule has 3 aromatic rings. The number of nitro benzene ring substituents is 1. The fourth-order valence-corrected chi connectivity index (χ4v) is 2.82. The molecule has 0 bridgehead atoms. The molecular weight excluding hydrogens is 465 g/mol. The highest BCUT2D eigenvalue weighted by molar-refractivity contribution is 14.1. The number of nitrogens with zero attached hydrogens (tertiary/aromatic N) is 1. The Balaban J connectivity index is 1.69. The molecule has 27 heavy (non-hydrogen) atoms. The van der Waals surface area contributed by atoms with Crippen molar-refractivity contribution in [2.45, 2.75) is 0 Å². The average Bonchev–Trinajstić information content (AvgIpc) is 3.18. The normalized spacial score (nSPS) is 10.3. The van der Waals surface area contributed by atoms with Crippen LogP contribution in [0.1, 0.15) is 20.9 Å². The molecule has 2 aromatic carbocycles. The number of carbonyl (C=O) groups excluding carboxylic acids is 2. The van der Waals surface area contributed by atoms with Crippen LogP contribution in [0.5, 0.6) is 0 Å². The van der Waals surface area contributed by atoms with Crippen molar-refractivity contribution >= 4 is 51.5 Å². The van der Waals surface area contributed by atoms with Crippen LogP contribution in [-0.2, 0) is 0 Å². The predicted molar refractivity (Wildman–Crippen MR) is 107 cm³/mol. The molecule has 2 N–H and O–H groups in total. The Kier molecular flexibility index (Phi) is 5.50. The number of furan rings is 1. The highest BCUT2D eigenvalue weighted by Crippen LogP contribution is 2.21. The molecule has 2 amide bonds. The van der Waals surface area contributed by atoms with Gasteiger partial charge in [-0.05, 0) is 65.1 Å². The van der Waals surface area contributed by atoms with Gasteiger partial charge in [0.05, 0.1) is 16.7 Å². The van der Waals surface area contributed by atoms with Crippen LogP contribution >= 0.6 is 22.6 Å². The Morgan fingerprint density at radius 2 is 1.59 bits per heavy atom. The lowest BCUT2D eigenvalue weighted by Crippen LogP contribution is -2.14. The van der Waals surface area contributed by atoms with Crippen LogP contribution in [0.4, 0.5) is 17.1 Å². The Labute approximate surface area is 166 Å². The van der Waals surface area contributed by atoms with Gasteiger partial charge in [-0.3, -0.25) is 19.7 Å². The molecule has 136 valence electrons. The standard InChI is InChI=1S/C18H12IN3O5/c19-15-8-7-13(22(25)26)10-14(15)17(23)20-11-3-5-12(6-4-11)21-18(24)16-2-1-9-27-16/h1-10H,(H,20,23)(H,21,24). The van der Waals surface area contributed by atoms with Gasteiger partial charge in [0.2, 0.25) is 0 Å². The van der Waals surface area contributed by atoms with E-state index in [0.717, 1.165) is 0 Å². The number of anilines is 2. The number of amides is 2. The number of rotatable bonds is 5. The third-order valence-corrected chi connectivity index (χ3v) is 4.49. The zero-order valence-corrected chi connectivity index (χ0v) is 15.8. The Morgan fingerprint density at radius 3 is 2.15 bits per heavy atom. The Hall–Kier alpha value is -3.21. The summed E-state index contributed by atoms with van der Waals surface area (Å²) in [7, 11) is 0. The van der Waals surface area contributed by atoms with Gasteiger partial charge in [-0.2, -0.15) is 0 Å². The Morgan fingerprint density at radius 1 is 0.963 bits per heavy atom. The number of hydrogen-bond acceptors (Lipinski definition) is 5. The first-order chi connectivity index (χ1) is 12.9. The third kappa shape index (κ3) is 4.50. The SMILES string of the molecule is O=C(Nc1ccc(NC(=O)c2cc([N+](=O)[O-])ccc2I)cc1)c1ccco1. The van der Waals surface area contributed by atoms with Crippen molar-refractivity contribution in [2.75, 3.05) is 10.6 Å². The van der Waals surface area contributed by atoms with Crippen molar-refractivity contribution in [3.63, 3.8) is 0 Å². The number of nitro groups is 1. The predicted octanol–water partition coefficient (Wildman–Crippen LogP) is 4.30. The lowest BCUT2D eigenvalue weighted by molar-refractivity contribution is -0.384. The molecule has 3 rings (SSSR count). The van der Waals surface area contributed by atoms with Gasteiger partial charge in [-0.25, -0.2) is 0 Å². The van der Waals surface area contributed by atoms with Crippen LogP contribution in [0, 0.1) is 13.7 Å². The summed E-state index contributed by atoms with van der Waals surface area (Å²) in [6.45, 7) is 0. The van der Waals surface area contributed by atoms with Crippen LogP contribution in [-0.4, -0.2) is 16.7 Å². The second-order valence-electron chi connectivity index (χ2n) is 5.38. The molecule has 8 nitrogen and oxygen atoms in total. The lowest BCUT2D eigenvalue weighted by atomic mass is 10.2. The summed E-state index contributed by atoms with van der Waals surface area (Å²) in [5, 5.41) is 16.2. The maximum absolute atomic E-state index is 12.4. The summed E-state index contributed by atoms with van der Waals surface area (Å²) >= 11 is 1.94. The van der Waals surface area contributed by atoms with Crippen molar-refractivity contribution in [1.29, 1.82) is 0 Å². The van der Waals surface area contributed by atoms with Crippen molar-refractivity contribution in [2.24, 2.45) is 0 Å². The van der Waals surface area contributed by atoms with E-state index < -0.39 is 10.8 Å². The van der Waals surface area contributed by atoms with Crippen molar-refractivity contribution < 1.29 is 18.9 Å². The molecule has 0 radical (unpaired) electrons. The van der Waals surface area contributed by atoms with Gasteiger partial charge in [0.15, 0.2) is 5.76 Å². The van der Waals surface area contributed by atoms with E-state index in [1.165, 1.54) is 24.5 Å². The molecule has 0 unspecified atom stereocenters. The van der Waals surface area contributed by atoms with E-state index in [0.29, 0.717) is 14.9 Å². The lowest BCUT2D eigenvalue weighted by Gasteiger charge is -2.08. The largest absolute Gasteiger partial charge is 0.459 e. The molecule has 0 spiro atoms. The van der Waals surface area contributed by atoms with Crippen LogP contribution in [0.3, 0.4) is 0 Å². The third-order valence-electron chi connectivity index (χ3n) is 3.55. The molecule has 0 fully saturated rings. The van der Waals surface area contributed by atoms with E-state index in [1.54, 1.807) is 36.4 Å². The summed E-state index contributed by atoms with van der Waals surface area (Å²) in [6.07, 6.45) is 1.41. The van der Waals surface area contributed by atoms with Crippen LogP contribution in [0.15, 0.2) is 65.3 Å². The van der Waals surface area contributed by atoms with Gasteiger partial charge >= 0.3 is 0 Å². The van der Waals surface area contributed by atoms with Gasteiger partial charge in [0.1, 0.15) is 0 Å². The maximum Gasteiger partial charge on any atom is 0.291 e. The quantitative estimate of drug-likeness (QED) is 0.323. The summed E-state index contributed by atoms with van der Waals surface area (Å²) in [5.74, 6) is -0.661. The van der Waals surface area contributed by atoms with E-state index in [4.69, 9.17) is 4.42 Å². The number of hydrogen-bond donors (Lipinski definition) is 2. The fourth-order valence-electron chi connectivity index (χ4n) is 2.24. The fraction of sp³-hybridized carbons (Fsp3) is 0. The van der Waals surface area contributed by atoms with E-state index in [-0.39, 0.29) is 22.9 Å². The average molecular weight is 477 g/mol. The maximum atomic E-state index is 12.4. The van der Waals surface area contributed by atoms with Crippen LogP contribution < -0.4 is 10.6 Å². The highest BCUT2D eigenvalue weighted by atomic mass is 127. The molecule has 0 saturated carbocycles. The molecule has 1 aromatic heterocycles. The molecule has 0 aliphatic carbocycles. The van der Waals surface area contributed by atoms with E-state index in [1.807, 2.05) is 22.6 Å². The number of nitrogens with one attached hydrogen (secondary N) is 2. The number of non-ortho nitro benzene ring substituents is 1. The first-order valence-corrected chi connectivity index (χ1v) is 8.72. The van der Waals surface area contributed by atoms with Gasteiger partial charge < -0.3 is 15.1 Å². The number of carbonyl (C=O) groups is 2. The van der Waals surface area contributed by atoms with E-state index >= 15 is 0 Å². The summed E-state index contributed by atoms with van der Waals surface area (Å²) in [4.78, 5) is 34.7. The van der Waals surface area contributed by atoms with E-state index in [9.17, 15) is 19.7 Å². The summed E-state index contributed by atoms with van der Waals surface area (Å²) in [5.41, 5.74) is 1.06. The van der Waals surface area contributed by atoms with Crippen molar-refractivity contribution in [3.8, 4) is 0 Å². The first kappa shape index (κ1) is 18.6. The molecule has 0 aliphatic heterocycles. The van der Waals surface area contributed by atoms with Gasteiger partial charge in [0, 0.05) is 27.1 Å². The van der Waals surface area contributed by atoms with Crippen molar-refractivity contribution in [1.82, 2.24) is 0 Å². The van der Waals surface area contributed by atoms with E-state index in [2.05, 4.69) is 10.6 Å². The second-order valence-corrected chi connectivity index (χ2v) is 6.55. The minimum absolute atomic E-state index is 0.156. The van der Waals surface area contributed by atoms with Gasteiger partial charge in [0.25, 0.3) is 17.5 Å². The molecule has 9 heteroatoms. The number of halogens is 1. The molecule has 1 heterocycles.